The summed E-state index contributed by atoms with van der Waals surface area (Å²) < 4.78 is 5.33. The first-order valence-electron chi connectivity index (χ1n) is 9.60. The molecular formula is C23H28N2O3. The Kier molecular flexibility index (Phi) is 5.73. The van der Waals surface area contributed by atoms with Crippen molar-refractivity contribution in [1.29, 1.82) is 0 Å². The van der Waals surface area contributed by atoms with Crippen LogP contribution in [0.4, 0.5) is 5.69 Å². The van der Waals surface area contributed by atoms with E-state index in [2.05, 4.69) is 32.2 Å². The summed E-state index contributed by atoms with van der Waals surface area (Å²) in [7, 11) is 1.61. The zero-order chi connectivity index (χ0) is 20.3. The Morgan fingerprint density at radius 2 is 1.82 bits per heavy atom. The Morgan fingerprint density at radius 1 is 1.14 bits per heavy atom. The van der Waals surface area contributed by atoms with E-state index in [1.54, 1.807) is 12.0 Å². The van der Waals surface area contributed by atoms with Crippen molar-refractivity contribution < 1.29 is 14.3 Å². The third-order valence-electron chi connectivity index (χ3n) is 5.14. The number of nitrogens with one attached hydrogen (secondary N) is 1. The molecule has 0 saturated carbocycles. The molecule has 2 aromatic rings. The van der Waals surface area contributed by atoms with Gasteiger partial charge in [0.1, 0.15) is 5.75 Å². The van der Waals surface area contributed by atoms with Gasteiger partial charge in [0.2, 0.25) is 11.8 Å². The van der Waals surface area contributed by atoms with Crippen LogP contribution in [0.3, 0.4) is 0 Å². The smallest absolute Gasteiger partial charge is 0.227 e. The number of hydrogen-bond acceptors (Lipinski definition) is 3. The molecule has 148 valence electrons. The molecule has 1 N–H and O–H groups in total. The second-order valence-corrected chi connectivity index (χ2v) is 8.20. The number of carbonyl (C=O) groups is 2. The fraction of sp³-hybridized carbons (Fsp3) is 0.391. The number of amides is 2. The van der Waals surface area contributed by atoms with Crippen LogP contribution in [0.1, 0.15) is 38.3 Å². The molecule has 1 saturated heterocycles. The highest BCUT2D eigenvalue weighted by atomic mass is 16.5. The molecule has 1 unspecified atom stereocenters. The number of methoxy groups -OCH3 is 1. The molecule has 1 heterocycles. The molecular weight excluding hydrogens is 352 g/mol. The number of para-hydroxylation sites is 2. The topological polar surface area (TPSA) is 58.6 Å². The third-order valence-corrected chi connectivity index (χ3v) is 5.14. The number of carbonyl (C=O) groups excluding carboxylic acids is 2. The molecule has 1 aliphatic rings. The fourth-order valence-electron chi connectivity index (χ4n) is 3.63. The molecule has 28 heavy (non-hydrogen) atoms. The molecule has 1 atom stereocenters. The largest absolute Gasteiger partial charge is 0.496 e. The molecule has 2 amide bonds. The minimum Gasteiger partial charge on any atom is -0.496 e. The van der Waals surface area contributed by atoms with Crippen molar-refractivity contribution in [2.24, 2.45) is 5.92 Å². The van der Waals surface area contributed by atoms with Gasteiger partial charge in [0.05, 0.1) is 13.0 Å². The summed E-state index contributed by atoms with van der Waals surface area (Å²) in [6.07, 6.45) is 0.232. The molecule has 5 heteroatoms. The highest BCUT2D eigenvalue weighted by Crippen LogP contribution is 2.35. The average molecular weight is 380 g/mol. The van der Waals surface area contributed by atoms with Crippen molar-refractivity contribution in [3.63, 3.8) is 0 Å². The van der Waals surface area contributed by atoms with Crippen molar-refractivity contribution in [2.45, 2.75) is 39.2 Å². The van der Waals surface area contributed by atoms with Gasteiger partial charge in [-0.3, -0.25) is 9.59 Å². The van der Waals surface area contributed by atoms with Crippen LogP contribution < -0.4 is 15.0 Å². The van der Waals surface area contributed by atoms with E-state index < -0.39 is 0 Å². The summed E-state index contributed by atoms with van der Waals surface area (Å²) in [6.45, 7) is 7.17. The summed E-state index contributed by atoms with van der Waals surface area (Å²) in [5, 5.41) is 2.96. The van der Waals surface area contributed by atoms with Gasteiger partial charge < -0.3 is 15.0 Å². The van der Waals surface area contributed by atoms with Crippen LogP contribution in [0.2, 0.25) is 0 Å². The van der Waals surface area contributed by atoms with Gasteiger partial charge in [0, 0.05) is 30.8 Å². The second-order valence-electron chi connectivity index (χ2n) is 8.20. The van der Waals surface area contributed by atoms with Gasteiger partial charge in [-0.15, -0.1) is 0 Å². The van der Waals surface area contributed by atoms with Gasteiger partial charge in [-0.05, 0) is 23.1 Å². The van der Waals surface area contributed by atoms with Crippen molar-refractivity contribution in [2.75, 3.05) is 18.6 Å². The summed E-state index contributed by atoms with van der Waals surface area (Å²) in [5.41, 5.74) is 2.84. The number of benzene rings is 2. The lowest BCUT2D eigenvalue weighted by atomic mass is 9.85. The number of anilines is 1. The predicted molar refractivity (Wildman–Crippen MR) is 110 cm³/mol. The van der Waals surface area contributed by atoms with Gasteiger partial charge in [-0.1, -0.05) is 57.2 Å². The molecule has 2 aromatic carbocycles. The molecule has 3 rings (SSSR count). The monoisotopic (exact) mass is 380 g/mol. The molecule has 0 spiro atoms. The second kappa shape index (κ2) is 8.05. The van der Waals surface area contributed by atoms with Crippen molar-refractivity contribution in [3.8, 4) is 5.75 Å². The van der Waals surface area contributed by atoms with E-state index in [-0.39, 0.29) is 29.6 Å². The molecule has 0 aliphatic carbocycles. The summed E-state index contributed by atoms with van der Waals surface area (Å²) in [5.74, 6) is 0.283. The van der Waals surface area contributed by atoms with Gasteiger partial charge >= 0.3 is 0 Å². The van der Waals surface area contributed by atoms with E-state index >= 15 is 0 Å². The molecule has 1 fully saturated rings. The van der Waals surface area contributed by atoms with Crippen molar-refractivity contribution >= 4 is 17.5 Å². The number of hydrogen-bond donors (Lipinski definition) is 1. The molecule has 0 radical (unpaired) electrons. The van der Waals surface area contributed by atoms with E-state index in [4.69, 9.17) is 4.74 Å². The zero-order valence-electron chi connectivity index (χ0n) is 17.0. The fourth-order valence-corrected chi connectivity index (χ4v) is 3.63. The van der Waals surface area contributed by atoms with Crippen LogP contribution >= 0.6 is 0 Å². The van der Waals surface area contributed by atoms with Gasteiger partial charge in [0.15, 0.2) is 0 Å². The van der Waals surface area contributed by atoms with Gasteiger partial charge in [-0.2, -0.15) is 0 Å². The number of ether oxygens (including phenoxy) is 1. The van der Waals surface area contributed by atoms with Crippen LogP contribution in [0.25, 0.3) is 0 Å². The highest BCUT2D eigenvalue weighted by molar-refractivity contribution is 6.01. The van der Waals surface area contributed by atoms with E-state index in [0.29, 0.717) is 13.1 Å². The number of nitrogens with zero attached hydrogens (tertiary/aromatic N) is 1. The van der Waals surface area contributed by atoms with Gasteiger partial charge in [0.25, 0.3) is 0 Å². The summed E-state index contributed by atoms with van der Waals surface area (Å²) in [4.78, 5) is 27.1. The van der Waals surface area contributed by atoms with E-state index in [0.717, 1.165) is 22.6 Å². The van der Waals surface area contributed by atoms with Crippen LogP contribution in [-0.2, 0) is 21.5 Å². The van der Waals surface area contributed by atoms with E-state index in [1.165, 1.54) is 0 Å². The molecule has 5 nitrogen and oxygen atoms in total. The van der Waals surface area contributed by atoms with E-state index in [1.807, 2.05) is 42.5 Å². The lowest BCUT2D eigenvalue weighted by Gasteiger charge is -2.27. The normalized spacial score (nSPS) is 16.9. The SMILES string of the molecule is COc1ccccc1CNC(=O)C1CC(=O)N(c2ccccc2C(C)(C)C)C1. The lowest BCUT2D eigenvalue weighted by Crippen LogP contribution is -2.33. The minimum atomic E-state index is -0.352. The van der Waals surface area contributed by atoms with Crippen LogP contribution in [-0.4, -0.2) is 25.5 Å². The van der Waals surface area contributed by atoms with Crippen molar-refractivity contribution in [1.82, 2.24) is 5.32 Å². The first kappa shape index (κ1) is 19.9. The maximum atomic E-state index is 12.7. The molecule has 0 aromatic heterocycles. The lowest BCUT2D eigenvalue weighted by molar-refractivity contribution is -0.126. The van der Waals surface area contributed by atoms with Crippen LogP contribution in [0.5, 0.6) is 5.75 Å². The quantitative estimate of drug-likeness (QED) is 0.861. The van der Waals surface area contributed by atoms with Crippen LogP contribution in [0, 0.1) is 5.92 Å². The Labute approximate surface area is 166 Å². The first-order valence-corrected chi connectivity index (χ1v) is 9.60. The third kappa shape index (κ3) is 4.19. The average Bonchev–Trinajstić information content (AvgIpc) is 3.07. The first-order chi connectivity index (χ1) is 13.3. The standard InChI is InChI=1S/C23H28N2O3/c1-23(2,3)18-10-6-7-11-19(18)25-15-17(13-21(25)26)22(27)24-14-16-9-5-8-12-20(16)28-4/h5-12,17H,13-15H2,1-4H3,(H,24,27). The van der Waals surface area contributed by atoms with E-state index in [9.17, 15) is 9.59 Å². The Hall–Kier alpha value is -2.82. The van der Waals surface area contributed by atoms with Crippen LogP contribution in [0.15, 0.2) is 48.5 Å². The maximum absolute atomic E-state index is 12.7. The van der Waals surface area contributed by atoms with Gasteiger partial charge in [-0.25, -0.2) is 0 Å². The zero-order valence-corrected chi connectivity index (χ0v) is 17.0. The molecule has 0 bridgehead atoms. The summed E-state index contributed by atoms with van der Waals surface area (Å²) >= 11 is 0. The maximum Gasteiger partial charge on any atom is 0.227 e. The Bertz CT molecular complexity index is 870. The Morgan fingerprint density at radius 3 is 2.54 bits per heavy atom. The minimum absolute atomic E-state index is 0.00542. The number of rotatable bonds is 5. The predicted octanol–water partition coefficient (Wildman–Crippen LogP) is 3.66. The highest BCUT2D eigenvalue weighted by Gasteiger charge is 2.36. The summed E-state index contributed by atoms with van der Waals surface area (Å²) in [6, 6.07) is 15.5. The van der Waals surface area contributed by atoms with Crippen molar-refractivity contribution in [3.05, 3.63) is 59.7 Å². The Balaban J connectivity index is 1.70. The molecule has 1 aliphatic heterocycles.